The van der Waals surface area contributed by atoms with Crippen LogP contribution in [0.15, 0.2) is 0 Å². The molecular weight excluding hydrogens is 325 g/mol. The summed E-state index contributed by atoms with van der Waals surface area (Å²) in [6, 6.07) is 1.32. The molecule has 0 aliphatic carbocycles. The normalized spacial score (nSPS) is 16.9. The van der Waals surface area contributed by atoms with E-state index in [0.29, 0.717) is 0 Å². The highest BCUT2D eigenvalue weighted by molar-refractivity contribution is 6.96. The minimum absolute atomic E-state index is 1.26. The average molecular weight is 365 g/mol. The lowest BCUT2D eigenvalue weighted by Crippen LogP contribution is -2.53. The molecule has 6 heteroatoms. The van der Waals surface area contributed by atoms with E-state index in [9.17, 15) is 0 Å². The maximum atomic E-state index is 6.77. The lowest BCUT2D eigenvalue weighted by molar-refractivity contribution is 0.520. The molecule has 0 saturated heterocycles. The first-order valence-electron chi connectivity index (χ1n) is 8.58. The number of rotatable bonds is 10. The van der Waals surface area contributed by atoms with E-state index >= 15 is 0 Å². The van der Waals surface area contributed by atoms with E-state index in [1.807, 2.05) is 0 Å². The molecule has 0 fully saturated rings. The highest BCUT2D eigenvalue weighted by Crippen LogP contribution is 2.31. The third-order valence-corrected chi connectivity index (χ3v) is 20.1. The van der Waals surface area contributed by atoms with Crippen molar-refractivity contribution in [2.45, 2.75) is 96.8 Å². The van der Waals surface area contributed by atoms with Gasteiger partial charge in [0, 0.05) is 0 Å². The summed E-state index contributed by atoms with van der Waals surface area (Å²) in [5.74, 6) is 0. The van der Waals surface area contributed by atoms with Crippen LogP contribution in [0.5, 0.6) is 0 Å². The molecule has 0 aromatic rings. The van der Waals surface area contributed by atoms with Crippen molar-refractivity contribution in [3.63, 3.8) is 0 Å². The second kappa shape index (κ2) is 8.06. The van der Waals surface area contributed by atoms with Gasteiger partial charge in [0.1, 0.15) is 0 Å². The topological polar surface area (TPSA) is 18.5 Å². The lowest BCUT2D eigenvalue weighted by Gasteiger charge is -2.41. The summed E-state index contributed by atoms with van der Waals surface area (Å²) in [6.45, 7) is 23.5. The van der Waals surface area contributed by atoms with Crippen molar-refractivity contribution in [3.8, 4) is 0 Å². The Morgan fingerprint density at radius 2 is 1.14 bits per heavy atom. The number of unbranched alkanes of at least 4 members (excludes halogenated alkanes) is 2. The molecule has 21 heavy (non-hydrogen) atoms. The molecule has 0 spiro atoms. The van der Waals surface area contributed by atoms with Gasteiger partial charge in [-0.2, -0.15) is 0 Å². The van der Waals surface area contributed by atoms with Crippen LogP contribution in [0.25, 0.3) is 0 Å². The van der Waals surface area contributed by atoms with Gasteiger partial charge in [-0.1, -0.05) is 26.2 Å². The van der Waals surface area contributed by atoms with E-state index in [4.69, 9.17) is 8.23 Å². The van der Waals surface area contributed by atoms with Crippen LogP contribution < -0.4 is 0 Å². The monoisotopic (exact) mass is 364 g/mol. The highest BCUT2D eigenvalue weighted by atomic mass is 28.5. The molecule has 1 atom stereocenters. The molecule has 0 rings (SSSR count). The first-order chi connectivity index (χ1) is 9.18. The summed E-state index contributed by atoms with van der Waals surface area (Å²) in [5.41, 5.74) is 1.26. The van der Waals surface area contributed by atoms with Crippen molar-refractivity contribution < 1.29 is 8.23 Å². The molecule has 0 aliphatic rings. The van der Waals surface area contributed by atoms with Gasteiger partial charge >= 0.3 is 0 Å². The lowest BCUT2D eigenvalue weighted by atomic mass is 10.3. The molecule has 0 heterocycles. The predicted octanol–water partition coefficient (Wildman–Crippen LogP) is 6.20. The smallest absolute Gasteiger partial charge is 0.176 e. The number of hydrogen-bond acceptors (Lipinski definition) is 2. The third kappa shape index (κ3) is 11.9. The molecular formula is C15H40O2Si4. The van der Waals surface area contributed by atoms with Crippen LogP contribution in [0.4, 0.5) is 0 Å². The fourth-order valence-corrected chi connectivity index (χ4v) is 27.2. The fraction of sp³-hybridized carbons (Fsp3) is 1.00. The minimum atomic E-state index is -1.64. The first-order valence-corrected chi connectivity index (χ1v) is 21.3. The van der Waals surface area contributed by atoms with Crippen molar-refractivity contribution in [2.24, 2.45) is 0 Å². The Hall–Kier alpha value is 0.788. The van der Waals surface area contributed by atoms with E-state index < -0.39 is 33.3 Å². The maximum Gasteiger partial charge on any atom is 0.176 e. The van der Waals surface area contributed by atoms with Gasteiger partial charge in [-0.15, -0.1) is 0 Å². The Morgan fingerprint density at radius 3 is 1.52 bits per heavy atom. The molecule has 128 valence electrons. The quantitative estimate of drug-likeness (QED) is 0.339. The molecule has 2 nitrogen and oxygen atoms in total. The maximum absolute atomic E-state index is 6.77. The molecule has 0 radical (unpaired) electrons. The van der Waals surface area contributed by atoms with Gasteiger partial charge in [0.05, 0.1) is 0 Å². The standard InChI is InChI=1S/C15H40O2Si4/c1-11-12-13-14-21(10,17-19(5,6)7)15-20(8,9)16-18(2,3)4/h11-15H2,1-10H3. The molecule has 0 aromatic carbocycles. The summed E-state index contributed by atoms with van der Waals surface area (Å²) in [5, 5.41) is 0. The summed E-state index contributed by atoms with van der Waals surface area (Å²) in [7, 11) is -6.17. The Labute approximate surface area is 138 Å². The van der Waals surface area contributed by atoms with Crippen molar-refractivity contribution in [1.82, 2.24) is 0 Å². The van der Waals surface area contributed by atoms with E-state index in [1.54, 1.807) is 0 Å². The van der Waals surface area contributed by atoms with Crippen molar-refractivity contribution in [1.29, 1.82) is 0 Å². The van der Waals surface area contributed by atoms with Crippen LogP contribution in [0, 0.1) is 0 Å². The van der Waals surface area contributed by atoms with Gasteiger partial charge in [0.25, 0.3) is 0 Å². The Morgan fingerprint density at radius 1 is 0.667 bits per heavy atom. The van der Waals surface area contributed by atoms with E-state index in [-0.39, 0.29) is 0 Å². The van der Waals surface area contributed by atoms with Crippen LogP contribution >= 0.6 is 0 Å². The first kappa shape index (κ1) is 21.8. The van der Waals surface area contributed by atoms with Crippen LogP contribution in [0.2, 0.25) is 70.6 Å². The van der Waals surface area contributed by atoms with Gasteiger partial charge in [-0.05, 0) is 70.6 Å². The molecule has 0 N–H and O–H groups in total. The van der Waals surface area contributed by atoms with Gasteiger partial charge < -0.3 is 8.23 Å². The fourth-order valence-electron chi connectivity index (χ4n) is 3.43. The highest BCUT2D eigenvalue weighted by Gasteiger charge is 2.42. The molecule has 0 aromatic heterocycles. The summed E-state index contributed by atoms with van der Waals surface area (Å²) in [4.78, 5) is 0. The molecule has 0 amide bonds. The largest absolute Gasteiger partial charge is 0.456 e. The Kier molecular flexibility index (Phi) is 8.36. The summed E-state index contributed by atoms with van der Waals surface area (Å²) >= 11 is 0. The zero-order valence-corrected chi connectivity index (χ0v) is 20.4. The predicted molar refractivity (Wildman–Crippen MR) is 107 cm³/mol. The SMILES string of the molecule is CCCCC[Si](C)(C[Si](C)(C)O[Si](C)(C)C)O[Si](C)(C)C. The van der Waals surface area contributed by atoms with E-state index in [2.05, 4.69) is 65.8 Å². The van der Waals surface area contributed by atoms with Gasteiger partial charge in [-0.3, -0.25) is 0 Å². The van der Waals surface area contributed by atoms with Crippen LogP contribution in [-0.2, 0) is 8.23 Å². The molecule has 1 unspecified atom stereocenters. The zero-order valence-electron chi connectivity index (χ0n) is 16.4. The van der Waals surface area contributed by atoms with E-state index in [1.165, 1.54) is 31.0 Å². The third-order valence-electron chi connectivity index (χ3n) is 3.24. The average Bonchev–Trinajstić information content (AvgIpc) is 2.08. The zero-order chi connectivity index (χ0) is 16.9. The molecule has 0 aliphatic heterocycles. The van der Waals surface area contributed by atoms with Crippen LogP contribution in [0.1, 0.15) is 26.2 Å². The molecule has 0 saturated carbocycles. The minimum Gasteiger partial charge on any atom is -0.456 e. The Bertz CT molecular complexity index is 308. The van der Waals surface area contributed by atoms with Crippen LogP contribution in [0.3, 0.4) is 0 Å². The van der Waals surface area contributed by atoms with Crippen LogP contribution in [-0.4, -0.2) is 33.3 Å². The number of hydrogen-bond donors (Lipinski definition) is 0. The van der Waals surface area contributed by atoms with Crippen molar-refractivity contribution in [3.05, 3.63) is 0 Å². The van der Waals surface area contributed by atoms with Gasteiger partial charge in [-0.25, -0.2) is 0 Å². The second-order valence-corrected chi connectivity index (χ2v) is 27.7. The summed E-state index contributed by atoms with van der Waals surface area (Å²) in [6.07, 6.45) is 3.97. The second-order valence-electron chi connectivity index (χ2n) is 9.27. The molecule has 0 bridgehead atoms. The van der Waals surface area contributed by atoms with Gasteiger partial charge in [0.15, 0.2) is 33.3 Å². The summed E-state index contributed by atoms with van der Waals surface area (Å²) < 4.78 is 13.4. The van der Waals surface area contributed by atoms with E-state index in [0.717, 1.165) is 0 Å². The van der Waals surface area contributed by atoms with Crippen molar-refractivity contribution >= 4 is 33.3 Å². The van der Waals surface area contributed by atoms with Crippen molar-refractivity contribution in [2.75, 3.05) is 0 Å². The Balaban J connectivity index is 4.95. The van der Waals surface area contributed by atoms with Gasteiger partial charge in [0.2, 0.25) is 0 Å².